The topological polar surface area (TPSA) is 114 Å². The van der Waals surface area contributed by atoms with Crippen molar-refractivity contribution in [2.45, 2.75) is 42.6 Å². The maximum absolute atomic E-state index is 13.6. The van der Waals surface area contributed by atoms with E-state index in [9.17, 15) is 21.6 Å². The minimum Gasteiger partial charge on any atom is -0.376 e. The van der Waals surface area contributed by atoms with Crippen molar-refractivity contribution in [3.8, 4) is 0 Å². The minimum absolute atomic E-state index is 0.127. The fourth-order valence-electron chi connectivity index (χ4n) is 4.12. The van der Waals surface area contributed by atoms with E-state index in [2.05, 4.69) is 4.98 Å². The summed E-state index contributed by atoms with van der Waals surface area (Å²) in [6, 6.07) is 10.6. The van der Waals surface area contributed by atoms with Gasteiger partial charge >= 0.3 is 0 Å². The second kappa shape index (κ2) is 10.5. The van der Waals surface area contributed by atoms with Crippen LogP contribution in [0.25, 0.3) is 10.2 Å². The molecular formula is C24H29N3O6S3. The first-order valence-corrected chi connectivity index (χ1v) is 15.8. The largest absolute Gasteiger partial charge is 0.376 e. The zero-order chi connectivity index (χ0) is 26.1. The lowest BCUT2D eigenvalue weighted by Crippen LogP contribution is -2.37. The summed E-state index contributed by atoms with van der Waals surface area (Å²) in [6.45, 7) is 5.18. The van der Waals surface area contributed by atoms with E-state index in [1.54, 1.807) is 26.0 Å². The van der Waals surface area contributed by atoms with Gasteiger partial charge in [0.2, 0.25) is 10.0 Å². The summed E-state index contributed by atoms with van der Waals surface area (Å²) < 4.78 is 57.4. The molecule has 0 saturated carbocycles. The molecule has 0 radical (unpaired) electrons. The van der Waals surface area contributed by atoms with Crippen LogP contribution in [0.3, 0.4) is 0 Å². The number of hydrogen-bond donors (Lipinski definition) is 0. The van der Waals surface area contributed by atoms with E-state index in [1.807, 2.05) is 0 Å². The molecule has 1 unspecified atom stereocenters. The van der Waals surface area contributed by atoms with Crippen LogP contribution in [0.5, 0.6) is 0 Å². The summed E-state index contributed by atoms with van der Waals surface area (Å²) in [5.74, 6) is -0.334. The maximum Gasteiger partial charge on any atom is 0.260 e. The lowest BCUT2D eigenvalue weighted by atomic mass is 10.2. The Morgan fingerprint density at radius 1 is 1.06 bits per heavy atom. The number of aromatic nitrogens is 1. The Balaban J connectivity index is 1.69. The van der Waals surface area contributed by atoms with Gasteiger partial charge in [-0.15, -0.1) is 0 Å². The molecule has 0 bridgehead atoms. The lowest BCUT2D eigenvalue weighted by molar-refractivity contribution is 0.0917. The highest BCUT2D eigenvalue weighted by molar-refractivity contribution is 7.90. The fraction of sp³-hybridized carbons (Fsp3) is 0.417. The monoisotopic (exact) mass is 551 g/mol. The van der Waals surface area contributed by atoms with Gasteiger partial charge in [0, 0.05) is 31.5 Å². The number of carbonyl (C=O) groups excluding carboxylic acids is 1. The van der Waals surface area contributed by atoms with Gasteiger partial charge in [0.1, 0.15) is 0 Å². The highest BCUT2D eigenvalue weighted by Gasteiger charge is 2.28. The lowest BCUT2D eigenvalue weighted by Gasteiger charge is -2.23. The highest BCUT2D eigenvalue weighted by Crippen LogP contribution is 2.32. The van der Waals surface area contributed by atoms with Crippen molar-refractivity contribution in [2.24, 2.45) is 0 Å². The third-order valence-corrected chi connectivity index (χ3v) is 10.3. The molecule has 3 aromatic rings. The van der Waals surface area contributed by atoms with Crippen LogP contribution in [0.1, 0.15) is 37.0 Å². The number of hydrogen-bond acceptors (Lipinski definition) is 8. The minimum atomic E-state index is -3.64. The normalized spacial score (nSPS) is 16.6. The number of amides is 1. The van der Waals surface area contributed by atoms with E-state index in [0.29, 0.717) is 40.6 Å². The van der Waals surface area contributed by atoms with Crippen LogP contribution >= 0.6 is 11.3 Å². The van der Waals surface area contributed by atoms with Crippen molar-refractivity contribution in [3.05, 3.63) is 48.0 Å². The maximum atomic E-state index is 13.6. The molecule has 2 heterocycles. The van der Waals surface area contributed by atoms with E-state index in [1.165, 1.54) is 50.9 Å². The molecule has 36 heavy (non-hydrogen) atoms. The van der Waals surface area contributed by atoms with Gasteiger partial charge in [-0.25, -0.2) is 21.8 Å². The van der Waals surface area contributed by atoms with Gasteiger partial charge in [0.25, 0.3) is 5.91 Å². The Morgan fingerprint density at radius 3 is 2.31 bits per heavy atom. The summed E-state index contributed by atoms with van der Waals surface area (Å²) in [6.07, 6.45) is 2.72. The Hall–Kier alpha value is -2.38. The quantitative estimate of drug-likeness (QED) is 0.400. The standard InChI is InChI=1S/C24H29N3O6S3/c1-4-26(5-2)36(31,32)19-10-8-17(9-11-19)23(28)27(16-18-7-6-14-33-18)24-25-21-13-12-20(35(3,29)30)15-22(21)34-24/h8-13,15,18H,4-7,14,16H2,1-3H3. The van der Waals surface area contributed by atoms with Crippen LogP contribution in [-0.4, -0.2) is 70.6 Å². The van der Waals surface area contributed by atoms with Crippen molar-refractivity contribution in [2.75, 3.05) is 37.4 Å². The smallest absolute Gasteiger partial charge is 0.260 e. The van der Waals surface area contributed by atoms with Crippen LogP contribution in [0, 0.1) is 0 Å². The van der Waals surface area contributed by atoms with E-state index < -0.39 is 19.9 Å². The molecule has 1 aromatic heterocycles. The highest BCUT2D eigenvalue weighted by atomic mass is 32.2. The number of sulfonamides is 1. The molecule has 2 aromatic carbocycles. The zero-order valence-corrected chi connectivity index (χ0v) is 22.8. The molecule has 1 saturated heterocycles. The van der Waals surface area contributed by atoms with E-state index in [0.717, 1.165) is 19.1 Å². The van der Waals surface area contributed by atoms with Crippen LogP contribution in [0.15, 0.2) is 52.3 Å². The van der Waals surface area contributed by atoms with Gasteiger partial charge in [-0.05, 0) is 55.3 Å². The molecule has 0 N–H and O–H groups in total. The van der Waals surface area contributed by atoms with Crippen LogP contribution < -0.4 is 4.90 Å². The Bertz CT molecular complexity index is 1460. The molecule has 194 valence electrons. The van der Waals surface area contributed by atoms with Crippen molar-refractivity contribution in [1.29, 1.82) is 0 Å². The van der Waals surface area contributed by atoms with Gasteiger partial charge in [-0.2, -0.15) is 4.31 Å². The number of rotatable bonds is 9. The molecular weight excluding hydrogens is 522 g/mol. The first kappa shape index (κ1) is 26.7. The van der Waals surface area contributed by atoms with Gasteiger partial charge in [0.15, 0.2) is 15.0 Å². The molecule has 0 spiro atoms. The Labute approximate surface area is 215 Å². The van der Waals surface area contributed by atoms with E-state index >= 15 is 0 Å². The summed E-state index contributed by atoms with van der Waals surface area (Å²) >= 11 is 1.23. The molecule has 1 amide bonds. The van der Waals surface area contributed by atoms with E-state index in [-0.39, 0.29) is 28.3 Å². The number of sulfone groups is 1. The molecule has 12 heteroatoms. The summed E-state index contributed by atoms with van der Waals surface area (Å²) in [7, 11) is -7.02. The molecule has 4 rings (SSSR count). The number of benzene rings is 2. The van der Waals surface area contributed by atoms with Crippen LogP contribution in [0.4, 0.5) is 5.13 Å². The number of thiazole rings is 1. The number of fused-ring (bicyclic) bond motifs is 1. The number of carbonyl (C=O) groups is 1. The molecule has 0 aliphatic carbocycles. The second-order valence-corrected chi connectivity index (χ2v) is 13.5. The average molecular weight is 552 g/mol. The average Bonchev–Trinajstić information content (AvgIpc) is 3.51. The third-order valence-electron chi connectivity index (χ3n) is 6.11. The third kappa shape index (κ3) is 5.47. The number of nitrogens with zero attached hydrogens (tertiary/aromatic N) is 3. The van der Waals surface area contributed by atoms with E-state index in [4.69, 9.17) is 4.74 Å². The SMILES string of the molecule is CCN(CC)S(=O)(=O)c1ccc(C(=O)N(CC2CCCO2)c2nc3ccc(S(C)(=O)=O)cc3s2)cc1. The molecule has 1 aliphatic heterocycles. The van der Waals surface area contributed by atoms with Crippen molar-refractivity contribution in [1.82, 2.24) is 9.29 Å². The van der Waals surface area contributed by atoms with Crippen molar-refractivity contribution < 1.29 is 26.4 Å². The van der Waals surface area contributed by atoms with Gasteiger partial charge in [-0.3, -0.25) is 9.69 Å². The number of ether oxygens (including phenoxy) is 1. The predicted molar refractivity (Wildman–Crippen MR) is 140 cm³/mol. The number of anilines is 1. The van der Waals surface area contributed by atoms with Gasteiger partial charge in [-0.1, -0.05) is 25.2 Å². The van der Waals surface area contributed by atoms with Gasteiger partial charge < -0.3 is 4.74 Å². The fourth-order valence-corrected chi connectivity index (χ4v) is 7.31. The molecule has 1 fully saturated rings. The molecule has 1 aliphatic rings. The first-order chi connectivity index (χ1) is 17.0. The molecule has 9 nitrogen and oxygen atoms in total. The summed E-state index contributed by atoms with van der Waals surface area (Å²) in [4.78, 5) is 20.1. The van der Waals surface area contributed by atoms with Crippen molar-refractivity contribution >= 4 is 52.5 Å². The molecule has 1 atom stereocenters. The first-order valence-electron chi connectivity index (χ1n) is 11.7. The second-order valence-electron chi connectivity index (χ2n) is 8.56. The van der Waals surface area contributed by atoms with Crippen LogP contribution in [-0.2, 0) is 24.6 Å². The van der Waals surface area contributed by atoms with Crippen molar-refractivity contribution in [3.63, 3.8) is 0 Å². The summed E-state index contributed by atoms with van der Waals surface area (Å²) in [5, 5.41) is 0.427. The zero-order valence-electron chi connectivity index (χ0n) is 20.4. The van der Waals surface area contributed by atoms with Crippen LogP contribution in [0.2, 0.25) is 0 Å². The Morgan fingerprint density at radius 2 is 1.72 bits per heavy atom. The Kier molecular flexibility index (Phi) is 7.81. The summed E-state index contributed by atoms with van der Waals surface area (Å²) in [5.41, 5.74) is 0.913. The predicted octanol–water partition coefficient (Wildman–Crippen LogP) is 3.56. The van der Waals surface area contributed by atoms with Gasteiger partial charge in [0.05, 0.1) is 32.7 Å².